The van der Waals surface area contributed by atoms with Crippen LogP contribution >= 0.6 is 0 Å². The number of carbonyl (C=O) groups excluding carboxylic acids is 3. The van der Waals surface area contributed by atoms with Crippen LogP contribution in [0.5, 0.6) is 0 Å². The topological polar surface area (TPSA) is 252 Å². The zero-order valence-corrected chi connectivity index (χ0v) is 57.6. The lowest BCUT2D eigenvalue weighted by atomic mass is 9.42. The highest BCUT2D eigenvalue weighted by atomic mass is 16.3. The Hall–Kier alpha value is -3.74. The maximum atomic E-state index is 13.3. The molecule has 93 heavy (non-hydrogen) atoms. The summed E-state index contributed by atoms with van der Waals surface area (Å²) >= 11 is 0. The van der Waals surface area contributed by atoms with Crippen LogP contribution < -0.4 is 0 Å². The number of aliphatic hydroxyl groups excluding tert-OH is 3. The molecule has 0 radical (unpaired) electrons. The van der Waals surface area contributed by atoms with Crippen LogP contribution in [0.1, 0.15) is 234 Å². The Balaban J connectivity index is 0.000000127. The number of hydrogen-bond donors (Lipinski definition) is 6. The summed E-state index contributed by atoms with van der Waals surface area (Å²) in [6.45, 7) is 15.0. The molecule has 0 amide bonds. The zero-order valence-electron chi connectivity index (χ0n) is 57.6. The lowest BCUT2D eigenvalue weighted by molar-refractivity contribution is -0.163. The fourth-order valence-corrected chi connectivity index (χ4v) is 27.2. The highest BCUT2D eigenvalue weighted by Gasteiger charge is 2.67. The minimum Gasteiger partial charge on any atom is -0.396 e. The molecule has 0 aromatic carbocycles. The second-order valence-corrected chi connectivity index (χ2v) is 35.5. The summed E-state index contributed by atoms with van der Waals surface area (Å²) in [7, 11) is 0. The predicted octanol–water partition coefficient (Wildman–Crippen LogP) is 11.5. The molecule has 0 saturated heterocycles. The van der Waals surface area contributed by atoms with Crippen LogP contribution in [0.3, 0.4) is 0 Å². The van der Waals surface area contributed by atoms with Gasteiger partial charge in [0, 0.05) is 56.2 Å². The van der Waals surface area contributed by atoms with Crippen LogP contribution in [0.4, 0.5) is 0 Å². The van der Waals surface area contributed by atoms with Crippen molar-refractivity contribution in [2.24, 2.45) is 121 Å². The summed E-state index contributed by atoms with van der Waals surface area (Å²) in [6, 6.07) is 1.89. The molecule has 3 aromatic heterocycles. The summed E-state index contributed by atoms with van der Waals surface area (Å²) in [4.78, 5) is 41.3. The van der Waals surface area contributed by atoms with Crippen LogP contribution in [-0.4, -0.2) is 124 Å². The molecular weight excluding hydrogens is 1170 g/mol. The van der Waals surface area contributed by atoms with Gasteiger partial charge in [-0.25, -0.2) is 4.68 Å². The van der Waals surface area contributed by atoms with Gasteiger partial charge in [-0.3, -0.25) is 19.1 Å². The van der Waals surface area contributed by atoms with Gasteiger partial charge in [-0.05, 0) is 323 Å². The number of hydrogen-bond acceptors (Lipinski definition) is 14. The molecule has 3 aromatic rings. The standard InChI is InChI=1S/C26H40N2O3.2C25H39N3O3/c1-24(31)10-11-26(12-15-29)18(16-24)4-5-19-20-6-7-22(25(20,2)9-8-21(19)26)23(30)17-28-14-3-13-27-28;1-23(31)9-10-25(11-14-29)17(15-23)3-4-18-19-5-6-21(24(19,2)8-7-20(18)25)22(30)16-28-13-12-26-27-28;1-23(31)9-10-25(11-14-29)17(15-23)3-4-18-19-5-6-21(24(19,2)8-7-20(18)25)22(30)16-28-26-12-13-27-28/h3,13-14,18-22,29,31H,4-12,15-17H2,1-2H3;2*12-13,17-21,29,31H,3-11,14-16H2,1-2H3/t18-,19-,20-,21-,22+,24+,25-,26+;2*17-,18-,19-,20-,21+,23+,24-,25+/m000/s1. The van der Waals surface area contributed by atoms with E-state index >= 15 is 0 Å². The Morgan fingerprint density at radius 2 is 0.774 bits per heavy atom. The summed E-state index contributed by atoms with van der Waals surface area (Å²) < 4.78 is 3.44. The number of aromatic nitrogens is 8. The van der Waals surface area contributed by atoms with Crippen molar-refractivity contribution in [3.05, 3.63) is 43.2 Å². The van der Waals surface area contributed by atoms with Crippen molar-refractivity contribution in [1.29, 1.82) is 0 Å². The zero-order chi connectivity index (χ0) is 65.6. The Kier molecular flexibility index (Phi) is 18.8. The Morgan fingerprint density at radius 1 is 0.398 bits per heavy atom. The molecule has 0 bridgehead atoms. The van der Waals surface area contributed by atoms with Gasteiger partial charge in [0.15, 0.2) is 17.3 Å². The Labute approximate surface area is 554 Å². The first kappa shape index (κ1) is 67.8. The van der Waals surface area contributed by atoms with Crippen molar-refractivity contribution in [2.75, 3.05) is 19.8 Å². The van der Waals surface area contributed by atoms with Gasteiger partial charge in [0.05, 0.1) is 41.9 Å². The summed E-state index contributed by atoms with van der Waals surface area (Å²) in [6.07, 6.45) is 41.9. The third-order valence-electron chi connectivity index (χ3n) is 31.3. The first-order valence-electron chi connectivity index (χ1n) is 37.6. The second kappa shape index (κ2) is 25.8. The van der Waals surface area contributed by atoms with Crippen molar-refractivity contribution >= 4 is 17.3 Å². The molecule has 17 nitrogen and oxygen atoms in total. The number of nitrogens with zero attached hydrogens (tertiary/aromatic N) is 8. The molecule has 6 N–H and O–H groups in total. The number of carbonyl (C=O) groups is 3. The molecule has 3 heterocycles. The first-order chi connectivity index (χ1) is 44.4. The molecule has 516 valence electrons. The monoisotopic (exact) mass is 1290 g/mol. The van der Waals surface area contributed by atoms with E-state index in [1.807, 2.05) is 33.0 Å². The molecule has 24 atom stereocenters. The van der Waals surface area contributed by atoms with Crippen molar-refractivity contribution in [3.8, 4) is 0 Å². The van der Waals surface area contributed by atoms with E-state index in [9.17, 15) is 45.0 Å². The predicted molar refractivity (Wildman–Crippen MR) is 353 cm³/mol. The largest absolute Gasteiger partial charge is 0.396 e. The average molecular weight is 1290 g/mol. The maximum absolute atomic E-state index is 13.3. The molecule has 15 rings (SSSR count). The summed E-state index contributed by atoms with van der Waals surface area (Å²) in [5, 5.41) is 82.8. The van der Waals surface area contributed by atoms with Crippen LogP contribution in [0, 0.1) is 121 Å². The highest BCUT2D eigenvalue weighted by Crippen LogP contribution is 2.73. The third-order valence-corrected chi connectivity index (χ3v) is 31.3. The smallest absolute Gasteiger partial charge is 0.159 e. The Bertz CT molecular complexity index is 2740. The molecule has 0 unspecified atom stereocenters. The van der Waals surface area contributed by atoms with Crippen molar-refractivity contribution in [2.45, 2.75) is 271 Å². The van der Waals surface area contributed by atoms with E-state index in [1.165, 1.54) is 69.0 Å². The average Bonchev–Trinajstić information content (AvgIpc) is 1.28. The number of rotatable bonds is 15. The number of ketones is 3. The highest BCUT2D eigenvalue weighted by molar-refractivity contribution is 5.83. The van der Waals surface area contributed by atoms with Gasteiger partial charge in [0.1, 0.15) is 13.1 Å². The molecule has 12 saturated carbocycles. The number of fused-ring (bicyclic) bond motifs is 15. The van der Waals surface area contributed by atoms with Crippen LogP contribution in [0.25, 0.3) is 0 Å². The van der Waals surface area contributed by atoms with Crippen molar-refractivity contribution in [3.63, 3.8) is 0 Å². The lowest BCUT2D eigenvalue weighted by Crippen LogP contribution is -2.57. The van der Waals surface area contributed by atoms with Gasteiger partial charge in [-0.1, -0.05) is 26.0 Å². The molecule has 12 fully saturated rings. The SMILES string of the molecule is C[C@@]1(O)CC[C@@]2(CCO)[C@@H](CC[C@H]3[C@@H]4CC[C@H](C(=O)Cn5cccn5)[C@@]4(C)CC[C@@H]32)C1.C[C@@]1(O)CC[C@@]2(CCO)[C@@H](CC[C@H]3[C@@H]4CC[C@H](C(=O)Cn5ccnn5)[C@@]4(C)CC[C@@H]32)C1.C[C@@]1(O)CC[C@@]2(CCO)[C@@H](CC[C@H]3[C@@H]4CC[C@H](C(=O)Cn5nccn5)[C@@]4(C)CC[C@@H]32)C1. The molecule has 12 aliphatic carbocycles. The second-order valence-electron chi connectivity index (χ2n) is 35.5. The quantitative estimate of drug-likeness (QED) is 0.0828. The van der Waals surface area contributed by atoms with E-state index in [2.05, 4.69) is 46.4 Å². The van der Waals surface area contributed by atoms with Gasteiger partial charge in [0.2, 0.25) is 0 Å². The molecule has 12 aliphatic rings. The van der Waals surface area contributed by atoms with Crippen LogP contribution in [0.15, 0.2) is 43.2 Å². The third kappa shape index (κ3) is 12.1. The van der Waals surface area contributed by atoms with Crippen molar-refractivity contribution < 1.29 is 45.0 Å². The fraction of sp³-hybridized carbons (Fsp3) is 0.868. The van der Waals surface area contributed by atoms with Gasteiger partial charge < -0.3 is 30.6 Å². The Morgan fingerprint density at radius 3 is 1.12 bits per heavy atom. The van der Waals surface area contributed by atoms with E-state index in [1.54, 1.807) is 40.3 Å². The van der Waals surface area contributed by atoms with E-state index in [0.717, 1.165) is 128 Å². The van der Waals surface area contributed by atoms with Gasteiger partial charge in [-0.2, -0.15) is 20.1 Å². The van der Waals surface area contributed by atoms with Crippen LogP contribution in [0.2, 0.25) is 0 Å². The van der Waals surface area contributed by atoms with E-state index in [0.29, 0.717) is 108 Å². The maximum Gasteiger partial charge on any atom is 0.159 e. The minimum absolute atomic E-state index is 0.0821. The van der Waals surface area contributed by atoms with Crippen LogP contribution in [-0.2, 0) is 34.0 Å². The molecule has 0 spiro atoms. The van der Waals surface area contributed by atoms with Gasteiger partial charge in [0.25, 0.3) is 0 Å². The van der Waals surface area contributed by atoms with Gasteiger partial charge >= 0.3 is 0 Å². The van der Waals surface area contributed by atoms with Crippen molar-refractivity contribution in [1.82, 2.24) is 39.8 Å². The van der Waals surface area contributed by atoms with E-state index < -0.39 is 16.8 Å². The summed E-state index contributed by atoms with van der Waals surface area (Å²) in [5.41, 5.74) is -0.803. The number of Topliss-reactive ketones (excluding diaryl/α,β-unsaturated/α-hetero) is 3. The summed E-state index contributed by atoms with van der Waals surface area (Å²) in [5.74, 6) is 8.70. The molecule has 0 aliphatic heterocycles. The minimum atomic E-state index is -0.551. The normalized spacial score (nSPS) is 46.8. The van der Waals surface area contributed by atoms with Gasteiger partial charge in [-0.15, -0.1) is 5.10 Å². The fourth-order valence-electron chi connectivity index (χ4n) is 27.2. The lowest BCUT2D eigenvalue weighted by Gasteiger charge is -2.63. The van der Waals surface area contributed by atoms with E-state index in [-0.39, 0.29) is 70.1 Å². The molecule has 17 heteroatoms. The molecular formula is C76H118N8O9. The van der Waals surface area contributed by atoms with E-state index in [4.69, 9.17) is 0 Å². The first-order valence-corrected chi connectivity index (χ1v) is 37.6. The number of aliphatic hydroxyl groups is 6.